The molecule has 0 bridgehead atoms. The van der Waals surface area contributed by atoms with Crippen LogP contribution in [0.5, 0.6) is 5.75 Å². The van der Waals surface area contributed by atoms with E-state index in [-0.39, 0.29) is 5.56 Å². The van der Waals surface area contributed by atoms with E-state index in [4.69, 9.17) is 4.74 Å². The Bertz CT molecular complexity index is 932. The standard InChI is InChI=1S/C21H22F2N4O2/c1-26-6-8-27(9-7-26)5-3-4-16-10-17(15(14-28)12-24-16)18-11-19(21(22)23)25-13-20(18)29-2/h10-14,21H,5-9H2,1-2H3. The number of rotatable bonds is 5. The number of hydrogen-bond acceptors (Lipinski definition) is 6. The number of pyridine rings is 2. The van der Waals surface area contributed by atoms with Gasteiger partial charge in [-0.25, -0.2) is 13.8 Å². The average molecular weight is 400 g/mol. The van der Waals surface area contributed by atoms with Crippen molar-refractivity contribution in [1.29, 1.82) is 0 Å². The fourth-order valence-electron chi connectivity index (χ4n) is 3.06. The van der Waals surface area contributed by atoms with Crippen molar-refractivity contribution in [2.75, 3.05) is 46.9 Å². The summed E-state index contributed by atoms with van der Waals surface area (Å²) in [5.41, 5.74) is 1.11. The van der Waals surface area contributed by atoms with Crippen molar-refractivity contribution in [1.82, 2.24) is 19.8 Å². The molecule has 0 spiro atoms. The molecule has 0 radical (unpaired) electrons. The molecule has 0 aromatic carbocycles. The maximum Gasteiger partial charge on any atom is 0.280 e. The van der Waals surface area contributed by atoms with Gasteiger partial charge in [0.05, 0.1) is 19.9 Å². The van der Waals surface area contributed by atoms with Gasteiger partial charge in [0, 0.05) is 49.1 Å². The molecule has 0 saturated carbocycles. The van der Waals surface area contributed by atoms with Crippen molar-refractivity contribution in [2.24, 2.45) is 0 Å². The van der Waals surface area contributed by atoms with Crippen LogP contribution >= 0.6 is 0 Å². The first-order chi connectivity index (χ1) is 14.0. The zero-order valence-electron chi connectivity index (χ0n) is 16.4. The second-order valence-electron chi connectivity index (χ2n) is 6.77. The lowest BCUT2D eigenvalue weighted by Gasteiger charge is -2.30. The van der Waals surface area contributed by atoms with E-state index in [0.717, 1.165) is 26.2 Å². The number of carbonyl (C=O) groups is 1. The second-order valence-corrected chi connectivity index (χ2v) is 6.77. The second kappa shape index (κ2) is 9.54. The molecule has 0 amide bonds. The zero-order valence-corrected chi connectivity index (χ0v) is 16.4. The number of methoxy groups -OCH3 is 1. The first kappa shape index (κ1) is 20.8. The van der Waals surface area contributed by atoms with Crippen LogP contribution in [0.4, 0.5) is 8.78 Å². The molecule has 0 atom stereocenters. The molecule has 6 nitrogen and oxygen atoms in total. The number of aldehydes is 1. The lowest BCUT2D eigenvalue weighted by Crippen LogP contribution is -2.44. The van der Waals surface area contributed by atoms with Crippen LogP contribution in [-0.2, 0) is 0 Å². The number of alkyl halides is 2. The topological polar surface area (TPSA) is 58.6 Å². The van der Waals surface area contributed by atoms with Crippen molar-refractivity contribution in [3.05, 3.63) is 41.5 Å². The molecule has 1 aliphatic heterocycles. The molecule has 1 fully saturated rings. The van der Waals surface area contributed by atoms with Crippen molar-refractivity contribution in [3.63, 3.8) is 0 Å². The van der Waals surface area contributed by atoms with E-state index in [1.165, 1.54) is 25.6 Å². The van der Waals surface area contributed by atoms with Gasteiger partial charge in [-0.2, -0.15) is 0 Å². The van der Waals surface area contributed by atoms with E-state index in [9.17, 15) is 13.6 Å². The number of hydrogen-bond donors (Lipinski definition) is 0. The Hall–Kier alpha value is -2.89. The highest BCUT2D eigenvalue weighted by Crippen LogP contribution is 2.34. The normalized spacial score (nSPS) is 15.1. The number of aromatic nitrogens is 2. The van der Waals surface area contributed by atoms with E-state index >= 15 is 0 Å². The maximum atomic E-state index is 13.1. The smallest absolute Gasteiger partial charge is 0.280 e. The Morgan fingerprint density at radius 1 is 1.17 bits per heavy atom. The van der Waals surface area contributed by atoms with E-state index in [1.54, 1.807) is 6.07 Å². The van der Waals surface area contributed by atoms with Gasteiger partial charge in [-0.1, -0.05) is 5.92 Å². The summed E-state index contributed by atoms with van der Waals surface area (Å²) in [6, 6.07) is 2.85. The van der Waals surface area contributed by atoms with E-state index < -0.39 is 12.1 Å². The molecule has 8 heteroatoms. The molecule has 2 aromatic heterocycles. The van der Waals surface area contributed by atoms with Gasteiger partial charge in [0.2, 0.25) is 0 Å². The summed E-state index contributed by atoms with van der Waals surface area (Å²) in [7, 11) is 3.51. The molecule has 3 heterocycles. The van der Waals surface area contributed by atoms with Crippen LogP contribution in [0.3, 0.4) is 0 Å². The fourth-order valence-corrected chi connectivity index (χ4v) is 3.06. The van der Waals surface area contributed by atoms with Crippen molar-refractivity contribution < 1.29 is 18.3 Å². The molecule has 1 saturated heterocycles. The summed E-state index contributed by atoms with van der Waals surface area (Å²) in [4.78, 5) is 23.9. The molecule has 3 rings (SSSR count). The third-order valence-corrected chi connectivity index (χ3v) is 4.80. The number of halogens is 2. The molecule has 0 N–H and O–H groups in total. The number of ether oxygens (including phenoxy) is 1. The maximum absolute atomic E-state index is 13.1. The summed E-state index contributed by atoms with van der Waals surface area (Å²) in [5, 5.41) is 0. The largest absolute Gasteiger partial charge is 0.494 e. The van der Waals surface area contributed by atoms with E-state index in [1.807, 2.05) is 0 Å². The lowest BCUT2D eigenvalue weighted by molar-refractivity contribution is 0.112. The third-order valence-electron chi connectivity index (χ3n) is 4.80. The Labute approximate surface area is 168 Å². The molecule has 2 aromatic rings. The Balaban J connectivity index is 1.90. The Kier molecular flexibility index (Phi) is 6.86. The summed E-state index contributed by atoms with van der Waals surface area (Å²) in [5.74, 6) is 6.40. The van der Waals surface area contributed by atoms with Gasteiger partial charge in [-0.05, 0) is 25.1 Å². The van der Waals surface area contributed by atoms with Crippen LogP contribution in [0, 0.1) is 11.8 Å². The van der Waals surface area contributed by atoms with Crippen molar-refractivity contribution in [2.45, 2.75) is 6.43 Å². The summed E-state index contributed by atoms with van der Waals surface area (Å²) in [6.07, 6.45) is 0.518. The molecular formula is C21H22F2N4O2. The minimum Gasteiger partial charge on any atom is -0.494 e. The van der Waals surface area contributed by atoms with Crippen LogP contribution in [0.1, 0.15) is 28.2 Å². The highest BCUT2D eigenvalue weighted by Gasteiger charge is 2.17. The lowest BCUT2D eigenvalue weighted by atomic mass is 10.0. The van der Waals surface area contributed by atoms with Gasteiger partial charge in [0.15, 0.2) is 6.29 Å². The Morgan fingerprint density at radius 3 is 2.59 bits per heavy atom. The number of carbonyl (C=O) groups excluding carboxylic acids is 1. The van der Waals surface area contributed by atoms with Crippen LogP contribution < -0.4 is 4.74 Å². The molecular weight excluding hydrogens is 378 g/mol. The minimum atomic E-state index is -2.73. The SMILES string of the molecule is COc1cnc(C(F)F)cc1-c1cc(C#CCN2CCN(C)CC2)ncc1C=O. The molecule has 0 aliphatic carbocycles. The van der Waals surface area contributed by atoms with Gasteiger partial charge < -0.3 is 9.64 Å². The summed E-state index contributed by atoms with van der Waals surface area (Å²) < 4.78 is 31.5. The van der Waals surface area contributed by atoms with Gasteiger partial charge in [-0.3, -0.25) is 14.7 Å². The van der Waals surface area contributed by atoms with Gasteiger partial charge in [0.1, 0.15) is 17.1 Å². The number of nitrogens with zero attached hydrogens (tertiary/aromatic N) is 4. The van der Waals surface area contributed by atoms with Gasteiger partial charge in [-0.15, -0.1) is 0 Å². The molecule has 1 aliphatic rings. The summed E-state index contributed by atoms with van der Waals surface area (Å²) >= 11 is 0. The third kappa shape index (κ3) is 5.13. The average Bonchev–Trinajstić information content (AvgIpc) is 2.74. The molecule has 0 unspecified atom stereocenters. The quantitative estimate of drug-likeness (QED) is 0.568. The van der Waals surface area contributed by atoms with Crippen LogP contribution in [0.15, 0.2) is 24.5 Å². The van der Waals surface area contributed by atoms with Gasteiger partial charge >= 0.3 is 0 Å². The fraction of sp³-hybridized carbons (Fsp3) is 0.381. The van der Waals surface area contributed by atoms with Crippen molar-refractivity contribution >= 4 is 6.29 Å². The van der Waals surface area contributed by atoms with Crippen molar-refractivity contribution in [3.8, 4) is 28.7 Å². The highest BCUT2D eigenvalue weighted by atomic mass is 19.3. The molecule has 29 heavy (non-hydrogen) atoms. The minimum absolute atomic E-state index is 0.263. The number of piperazine rings is 1. The van der Waals surface area contributed by atoms with Crippen LogP contribution in [0.25, 0.3) is 11.1 Å². The molecule has 152 valence electrons. The Morgan fingerprint density at radius 2 is 1.93 bits per heavy atom. The van der Waals surface area contributed by atoms with E-state index in [2.05, 4.69) is 38.7 Å². The van der Waals surface area contributed by atoms with Gasteiger partial charge in [0.25, 0.3) is 6.43 Å². The predicted octanol–water partition coefficient (Wildman–Crippen LogP) is 2.50. The predicted molar refractivity (Wildman–Crippen MR) is 105 cm³/mol. The highest BCUT2D eigenvalue weighted by molar-refractivity contribution is 5.89. The first-order valence-electron chi connectivity index (χ1n) is 9.19. The first-order valence-corrected chi connectivity index (χ1v) is 9.19. The monoisotopic (exact) mass is 400 g/mol. The zero-order chi connectivity index (χ0) is 20.8. The summed E-state index contributed by atoms with van der Waals surface area (Å²) in [6.45, 7) is 4.55. The van der Waals surface area contributed by atoms with Crippen LogP contribution in [0.2, 0.25) is 0 Å². The van der Waals surface area contributed by atoms with Crippen LogP contribution in [-0.4, -0.2) is 72.9 Å². The number of likely N-dealkylation sites (N-methyl/N-ethyl adjacent to an activating group) is 1. The van der Waals surface area contributed by atoms with E-state index in [0.29, 0.717) is 35.4 Å².